The molecule has 0 aliphatic heterocycles. The van der Waals surface area contributed by atoms with E-state index in [1.54, 1.807) is 32.5 Å². The Labute approximate surface area is 130 Å². The zero-order valence-electron chi connectivity index (χ0n) is 13.0. The molecule has 1 aromatic carbocycles. The highest BCUT2D eigenvalue weighted by molar-refractivity contribution is 7.98. The molecule has 0 saturated heterocycles. The molecule has 0 saturated carbocycles. The van der Waals surface area contributed by atoms with Crippen LogP contribution in [0.15, 0.2) is 24.3 Å². The van der Waals surface area contributed by atoms with Crippen molar-refractivity contribution < 1.29 is 14.3 Å². The summed E-state index contributed by atoms with van der Waals surface area (Å²) in [7, 11) is 0. The van der Waals surface area contributed by atoms with Crippen LogP contribution in [0.5, 0.6) is 0 Å². The topological polar surface area (TPSA) is 55.4 Å². The number of hydrogen-bond acceptors (Lipinski definition) is 4. The molecule has 1 N–H and O–H groups in total. The van der Waals surface area contributed by atoms with Crippen LogP contribution in [0.1, 0.15) is 31.9 Å². The Morgan fingerprint density at radius 1 is 1.33 bits per heavy atom. The highest BCUT2D eigenvalue weighted by Gasteiger charge is 2.19. The number of alkyl carbamates (subject to hydrolysis) is 1. The van der Waals surface area contributed by atoms with Crippen LogP contribution in [0.4, 0.5) is 4.79 Å². The maximum absolute atomic E-state index is 11.6. The summed E-state index contributed by atoms with van der Waals surface area (Å²) in [6.45, 7) is 7.40. The molecule has 4 nitrogen and oxygen atoms in total. The largest absolute Gasteiger partial charge is 0.444 e. The average molecular weight is 309 g/mol. The molecular formula is C16H23NO3S. The molecule has 1 unspecified atom stereocenters. The standard InChI is InChI=1S/C16H23NO3S/c1-12-5-7-13(8-6-12)10-21-11-14(9-18)17-15(19)20-16(2,3)4/h5-9,14H,10-11H2,1-4H3,(H,17,19). The highest BCUT2D eigenvalue weighted by atomic mass is 32.2. The van der Waals surface area contributed by atoms with E-state index in [9.17, 15) is 9.59 Å². The van der Waals surface area contributed by atoms with E-state index >= 15 is 0 Å². The van der Waals surface area contributed by atoms with E-state index in [0.29, 0.717) is 5.75 Å². The number of thioether (sulfide) groups is 1. The molecule has 0 aromatic heterocycles. The van der Waals surface area contributed by atoms with Crippen LogP contribution < -0.4 is 5.32 Å². The summed E-state index contributed by atoms with van der Waals surface area (Å²) in [6.07, 6.45) is 0.182. The first-order valence-corrected chi connectivity index (χ1v) is 8.04. The molecule has 0 heterocycles. The van der Waals surface area contributed by atoms with E-state index in [4.69, 9.17) is 4.74 Å². The van der Waals surface area contributed by atoms with Gasteiger partial charge in [-0.2, -0.15) is 11.8 Å². The smallest absolute Gasteiger partial charge is 0.408 e. The van der Waals surface area contributed by atoms with Crippen LogP contribution in [0.3, 0.4) is 0 Å². The van der Waals surface area contributed by atoms with E-state index in [1.165, 1.54) is 11.1 Å². The third-order valence-electron chi connectivity index (χ3n) is 2.55. The molecule has 0 spiro atoms. The van der Waals surface area contributed by atoms with Gasteiger partial charge in [-0.1, -0.05) is 29.8 Å². The first-order chi connectivity index (χ1) is 9.80. The fourth-order valence-corrected chi connectivity index (χ4v) is 2.52. The lowest BCUT2D eigenvalue weighted by molar-refractivity contribution is -0.109. The van der Waals surface area contributed by atoms with Crippen molar-refractivity contribution in [3.63, 3.8) is 0 Å². The Balaban J connectivity index is 2.35. The second-order valence-electron chi connectivity index (χ2n) is 5.89. The first kappa shape index (κ1) is 17.6. The minimum absolute atomic E-state index is 0.524. The summed E-state index contributed by atoms with van der Waals surface area (Å²) in [6, 6.07) is 7.73. The molecular weight excluding hydrogens is 286 g/mol. The van der Waals surface area contributed by atoms with Crippen LogP contribution in [0.2, 0.25) is 0 Å². The van der Waals surface area contributed by atoms with Crippen molar-refractivity contribution in [2.75, 3.05) is 5.75 Å². The van der Waals surface area contributed by atoms with Gasteiger partial charge in [-0.3, -0.25) is 0 Å². The number of aldehydes is 1. The maximum Gasteiger partial charge on any atom is 0.408 e. The van der Waals surface area contributed by atoms with Gasteiger partial charge in [0.25, 0.3) is 0 Å². The van der Waals surface area contributed by atoms with Crippen molar-refractivity contribution in [2.45, 2.75) is 45.1 Å². The number of carbonyl (C=O) groups excluding carboxylic acids is 2. The predicted octanol–water partition coefficient (Wildman–Crippen LogP) is 3.32. The van der Waals surface area contributed by atoms with Gasteiger partial charge in [0.1, 0.15) is 11.9 Å². The van der Waals surface area contributed by atoms with Gasteiger partial charge in [0, 0.05) is 11.5 Å². The molecule has 0 bridgehead atoms. The number of hydrogen-bond donors (Lipinski definition) is 1. The van der Waals surface area contributed by atoms with Crippen molar-refractivity contribution in [1.82, 2.24) is 5.32 Å². The maximum atomic E-state index is 11.6. The summed E-state index contributed by atoms with van der Waals surface area (Å²) in [4.78, 5) is 22.6. The molecule has 5 heteroatoms. The number of benzene rings is 1. The van der Waals surface area contributed by atoms with E-state index in [1.807, 2.05) is 6.92 Å². The lowest BCUT2D eigenvalue weighted by Crippen LogP contribution is -2.41. The fraction of sp³-hybridized carbons (Fsp3) is 0.500. The third-order valence-corrected chi connectivity index (χ3v) is 3.69. The number of rotatable bonds is 6. The average Bonchev–Trinajstić information content (AvgIpc) is 2.37. The zero-order chi connectivity index (χ0) is 15.9. The van der Waals surface area contributed by atoms with E-state index in [0.717, 1.165) is 12.0 Å². The Bertz CT molecular complexity index is 465. The number of nitrogens with one attached hydrogen (secondary N) is 1. The molecule has 0 aliphatic carbocycles. The molecule has 0 aliphatic rings. The highest BCUT2D eigenvalue weighted by Crippen LogP contribution is 2.14. The van der Waals surface area contributed by atoms with Gasteiger partial charge < -0.3 is 14.8 Å². The minimum Gasteiger partial charge on any atom is -0.444 e. The molecule has 0 fully saturated rings. The molecule has 1 atom stereocenters. The second kappa shape index (κ2) is 8.08. The Morgan fingerprint density at radius 3 is 2.48 bits per heavy atom. The SMILES string of the molecule is Cc1ccc(CSCC(C=O)NC(=O)OC(C)(C)C)cc1. The summed E-state index contributed by atoms with van der Waals surface area (Å²) in [5, 5.41) is 2.57. The summed E-state index contributed by atoms with van der Waals surface area (Å²) < 4.78 is 5.13. The van der Waals surface area contributed by atoms with Crippen LogP contribution in [-0.2, 0) is 15.3 Å². The minimum atomic E-state index is -0.563. The van der Waals surface area contributed by atoms with Crippen molar-refractivity contribution in [3.8, 4) is 0 Å². The van der Waals surface area contributed by atoms with Crippen LogP contribution in [-0.4, -0.2) is 29.8 Å². The van der Waals surface area contributed by atoms with Crippen molar-refractivity contribution in [3.05, 3.63) is 35.4 Å². The number of carbonyl (C=O) groups is 2. The number of aryl methyl sites for hydroxylation is 1. The second-order valence-corrected chi connectivity index (χ2v) is 6.92. The lowest BCUT2D eigenvalue weighted by atomic mass is 10.2. The van der Waals surface area contributed by atoms with Crippen LogP contribution in [0, 0.1) is 6.92 Å². The van der Waals surface area contributed by atoms with Crippen LogP contribution >= 0.6 is 11.8 Å². The first-order valence-electron chi connectivity index (χ1n) is 6.88. The zero-order valence-corrected chi connectivity index (χ0v) is 13.8. The quantitative estimate of drug-likeness (QED) is 0.819. The molecule has 1 aromatic rings. The molecule has 21 heavy (non-hydrogen) atoms. The van der Waals surface area contributed by atoms with Gasteiger partial charge in [0.05, 0.1) is 6.04 Å². The van der Waals surface area contributed by atoms with Crippen molar-refractivity contribution >= 4 is 24.1 Å². The molecule has 1 rings (SSSR count). The summed E-state index contributed by atoms with van der Waals surface area (Å²) in [5.74, 6) is 1.33. The van der Waals surface area contributed by atoms with Gasteiger partial charge in [0.2, 0.25) is 0 Å². The summed E-state index contributed by atoms with van der Waals surface area (Å²) >= 11 is 1.60. The predicted molar refractivity (Wildman–Crippen MR) is 86.6 cm³/mol. The lowest BCUT2D eigenvalue weighted by Gasteiger charge is -2.21. The third kappa shape index (κ3) is 7.75. The monoisotopic (exact) mass is 309 g/mol. The number of amides is 1. The van der Waals surface area contributed by atoms with Gasteiger partial charge in [0.15, 0.2) is 0 Å². The van der Waals surface area contributed by atoms with E-state index in [2.05, 4.69) is 29.6 Å². The summed E-state index contributed by atoms with van der Waals surface area (Å²) in [5.41, 5.74) is 1.86. The van der Waals surface area contributed by atoms with Gasteiger partial charge in [-0.05, 0) is 33.3 Å². The van der Waals surface area contributed by atoms with E-state index in [-0.39, 0.29) is 0 Å². The van der Waals surface area contributed by atoms with Crippen LogP contribution in [0.25, 0.3) is 0 Å². The van der Waals surface area contributed by atoms with Crippen molar-refractivity contribution in [1.29, 1.82) is 0 Å². The Kier molecular flexibility index (Phi) is 6.75. The van der Waals surface area contributed by atoms with Gasteiger partial charge in [-0.15, -0.1) is 0 Å². The van der Waals surface area contributed by atoms with Gasteiger partial charge in [-0.25, -0.2) is 4.79 Å². The normalized spacial score (nSPS) is 12.6. The Morgan fingerprint density at radius 2 is 1.95 bits per heavy atom. The molecule has 0 radical (unpaired) electrons. The molecule has 1 amide bonds. The van der Waals surface area contributed by atoms with E-state index < -0.39 is 17.7 Å². The number of ether oxygens (including phenoxy) is 1. The fourth-order valence-electron chi connectivity index (χ4n) is 1.56. The molecule has 116 valence electrons. The van der Waals surface area contributed by atoms with Crippen molar-refractivity contribution in [2.24, 2.45) is 0 Å². The van der Waals surface area contributed by atoms with Gasteiger partial charge >= 0.3 is 6.09 Å². The Hall–Kier alpha value is -1.49.